The quantitative estimate of drug-likeness (QED) is 0.948. The maximum Gasteiger partial charge on any atom is 0.251 e. The van der Waals surface area contributed by atoms with Gasteiger partial charge in [-0.3, -0.25) is 4.79 Å². The van der Waals surface area contributed by atoms with Crippen LogP contribution < -0.4 is 10.3 Å². The Hall–Kier alpha value is -1.62. The number of hydrogen-bond donors (Lipinski definition) is 1. The van der Waals surface area contributed by atoms with E-state index in [2.05, 4.69) is 25.9 Å². The van der Waals surface area contributed by atoms with Crippen molar-refractivity contribution in [3.8, 4) is 17.1 Å². The zero-order valence-corrected chi connectivity index (χ0v) is 11.7. The van der Waals surface area contributed by atoms with E-state index in [1.807, 2.05) is 25.1 Å². The van der Waals surface area contributed by atoms with Gasteiger partial charge in [-0.05, 0) is 24.6 Å². The maximum absolute atomic E-state index is 11.6. The van der Waals surface area contributed by atoms with E-state index >= 15 is 0 Å². The van der Waals surface area contributed by atoms with E-state index in [0.29, 0.717) is 5.82 Å². The molecule has 1 aromatic heterocycles. The molecular formula is C13H13BrN2O2. The van der Waals surface area contributed by atoms with Crippen LogP contribution in [-0.2, 0) is 6.42 Å². The minimum absolute atomic E-state index is 0.147. The molecule has 0 aliphatic rings. The number of H-pyrrole nitrogens is 1. The first kappa shape index (κ1) is 12.8. The molecule has 0 amide bonds. The number of nitrogens with zero attached hydrogens (tertiary/aromatic N) is 1. The molecule has 2 rings (SSSR count). The predicted octanol–water partition coefficient (Wildman–Crippen LogP) is 2.77. The summed E-state index contributed by atoms with van der Waals surface area (Å²) < 4.78 is 6.04. The van der Waals surface area contributed by atoms with Crippen molar-refractivity contribution in [2.75, 3.05) is 7.11 Å². The Morgan fingerprint density at radius 1 is 1.39 bits per heavy atom. The van der Waals surface area contributed by atoms with E-state index in [4.69, 9.17) is 4.74 Å². The highest BCUT2D eigenvalue weighted by molar-refractivity contribution is 9.10. The van der Waals surface area contributed by atoms with Gasteiger partial charge in [-0.1, -0.05) is 22.9 Å². The van der Waals surface area contributed by atoms with Gasteiger partial charge in [0.05, 0.1) is 7.11 Å². The molecule has 0 fully saturated rings. The lowest BCUT2D eigenvalue weighted by Crippen LogP contribution is -2.10. The first-order valence-electron chi connectivity index (χ1n) is 5.58. The van der Waals surface area contributed by atoms with Crippen LogP contribution in [0, 0.1) is 0 Å². The monoisotopic (exact) mass is 308 g/mol. The van der Waals surface area contributed by atoms with Crippen LogP contribution in [0.15, 0.2) is 33.5 Å². The van der Waals surface area contributed by atoms with Crippen molar-refractivity contribution >= 4 is 15.9 Å². The van der Waals surface area contributed by atoms with Gasteiger partial charge in [0.1, 0.15) is 11.6 Å². The van der Waals surface area contributed by atoms with E-state index in [1.165, 1.54) is 6.07 Å². The zero-order valence-electron chi connectivity index (χ0n) is 10.2. The van der Waals surface area contributed by atoms with Crippen molar-refractivity contribution in [2.45, 2.75) is 13.3 Å². The van der Waals surface area contributed by atoms with Gasteiger partial charge in [-0.2, -0.15) is 0 Å². The molecule has 0 atom stereocenters. The molecule has 0 unspecified atom stereocenters. The van der Waals surface area contributed by atoms with Crippen molar-refractivity contribution in [2.24, 2.45) is 0 Å². The Kier molecular flexibility index (Phi) is 3.81. The minimum Gasteiger partial charge on any atom is -0.497 e. The van der Waals surface area contributed by atoms with Crippen LogP contribution in [0.3, 0.4) is 0 Å². The topological polar surface area (TPSA) is 55.0 Å². The second-order valence-electron chi connectivity index (χ2n) is 3.78. The second kappa shape index (κ2) is 5.35. The first-order chi connectivity index (χ1) is 8.63. The third-order valence-corrected chi connectivity index (χ3v) is 3.28. The largest absolute Gasteiger partial charge is 0.497 e. The van der Waals surface area contributed by atoms with E-state index in [9.17, 15) is 4.79 Å². The third kappa shape index (κ3) is 2.61. The van der Waals surface area contributed by atoms with E-state index in [1.54, 1.807) is 7.11 Å². The van der Waals surface area contributed by atoms with Crippen LogP contribution in [0.25, 0.3) is 11.4 Å². The van der Waals surface area contributed by atoms with Gasteiger partial charge < -0.3 is 9.72 Å². The average Bonchev–Trinajstić information content (AvgIpc) is 2.38. The van der Waals surface area contributed by atoms with Crippen LogP contribution in [0.1, 0.15) is 12.6 Å². The first-order valence-corrected chi connectivity index (χ1v) is 6.37. The molecule has 0 bridgehead atoms. The molecule has 0 radical (unpaired) electrons. The molecule has 4 nitrogen and oxygen atoms in total. The average molecular weight is 309 g/mol. The highest BCUT2D eigenvalue weighted by atomic mass is 79.9. The second-order valence-corrected chi connectivity index (χ2v) is 4.64. The molecule has 5 heteroatoms. The molecule has 0 aliphatic carbocycles. The summed E-state index contributed by atoms with van der Waals surface area (Å²) in [5.74, 6) is 1.27. The molecule has 0 saturated carbocycles. The van der Waals surface area contributed by atoms with Gasteiger partial charge in [-0.15, -0.1) is 0 Å². The molecule has 1 heterocycles. The summed E-state index contributed by atoms with van der Waals surface area (Å²) >= 11 is 3.45. The minimum atomic E-state index is -0.147. The number of benzene rings is 1. The number of hydrogen-bond acceptors (Lipinski definition) is 3. The molecule has 0 aliphatic heterocycles. The lowest BCUT2D eigenvalue weighted by atomic mass is 10.2. The molecule has 94 valence electrons. The van der Waals surface area contributed by atoms with E-state index in [-0.39, 0.29) is 5.56 Å². The number of halogens is 1. The normalized spacial score (nSPS) is 10.4. The van der Waals surface area contributed by atoms with Gasteiger partial charge in [0.25, 0.3) is 5.56 Å². The summed E-state index contributed by atoms with van der Waals surface area (Å²) in [5, 5.41) is 0. The Bertz CT molecular complexity index is 623. The van der Waals surface area contributed by atoms with Crippen molar-refractivity contribution in [1.29, 1.82) is 0 Å². The summed E-state index contributed by atoms with van der Waals surface area (Å²) in [7, 11) is 1.60. The fourth-order valence-corrected chi connectivity index (χ4v) is 2.06. The Balaban J connectivity index is 2.60. The fourth-order valence-electron chi connectivity index (χ4n) is 1.63. The number of ether oxygens (including phenoxy) is 1. The van der Waals surface area contributed by atoms with Crippen molar-refractivity contribution in [3.05, 3.63) is 44.8 Å². The fraction of sp³-hybridized carbons (Fsp3) is 0.231. The van der Waals surface area contributed by atoms with Crippen LogP contribution >= 0.6 is 15.9 Å². The molecule has 2 aromatic rings. The summed E-state index contributed by atoms with van der Waals surface area (Å²) in [4.78, 5) is 18.7. The zero-order chi connectivity index (χ0) is 13.1. The summed E-state index contributed by atoms with van der Waals surface area (Å²) in [6.07, 6.45) is 0.721. The summed E-state index contributed by atoms with van der Waals surface area (Å²) in [6, 6.07) is 7.06. The number of aromatic nitrogens is 2. The standard InChI is InChI=1S/C13H13BrN2O2/c1-3-8-6-12(17)16-13(15-8)10-7-9(18-2)4-5-11(10)14/h4-7H,3H2,1-2H3,(H,15,16,17). The third-order valence-electron chi connectivity index (χ3n) is 2.59. The van der Waals surface area contributed by atoms with Crippen molar-refractivity contribution in [1.82, 2.24) is 9.97 Å². The van der Waals surface area contributed by atoms with Gasteiger partial charge in [0.15, 0.2) is 0 Å². The molecular weight excluding hydrogens is 296 g/mol. The number of methoxy groups -OCH3 is 1. The molecule has 1 aromatic carbocycles. The summed E-state index contributed by atoms with van der Waals surface area (Å²) in [6.45, 7) is 1.96. The van der Waals surface area contributed by atoms with Gasteiger partial charge in [0.2, 0.25) is 0 Å². The van der Waals surface area contributed by atoms with Gasteiger partial charge in [-0.25, -0.2) is 4.98 Å². The number of rotatable bonds is 3. The van der Waals surface area contributed by atoms with Crippen molar-refractivity contribution in [3.63, 3.8) is 0 Å². The number of aryl methyl sites for hydroxylation is 1. The molecule has 0 spiro atoms. The van der Waals surface area contributed by atoms with Crippen LogP contribution in [0.4, 0.5) is 0 Å². The lowest BCUT2D eigenvalue weighted by molar-refractivity contribution is 0.415. The van der Waals surface area contributed by atoms with Gasteiger partial charge in [0, 0.05) is 21.8 Å². The van der Waals surface area contributed by atoms with Crippen molar-refractivity contribution < 1.29 is 4.74 Å². The van der Waals surface area contributed by atoms with E-state index in [0.717, 1.165) is 27.9 Å². The summed E-state index contributed by atoms with van der Waals surface area (Å²) in [5.41, 5.74) is 1.43. The van der Waals surface area contributed by atoms with Crippen LogP contribution in [-0.4, -0.2) is 17.1 Å². The van der Waals surface area contributed by atoms with Crippen LogP contribution in [0.5, 0.6) is 5.75 Å². The Morgan fingerprint density at radius 3 is 2.83 bits per heavy atom. The highest BCUT2D eigenvalue weighted by Crippen LogP contribution is 2.29. The Labute approximate surface area is 113 Å². The maximum atomic E-state index is 11.6. The number of aromatic amines is 1. The molecule has 1 N–H and O–H groups in total. The highest BCUT2D eigenvalue weighted by Gasteiger charge is 2.08. The lowest BCUT2D eigenvalue weighted by Gasteiger charge is -2.07. The predicted molar refractivity (Wildman–Crippen MR) is 73.9 cm³/mol. The van der Waals surface area contributed by atoms with Gasteiger partial charge >= 0.3 is 0 Å². The van der Waals surface area contributed by atoms with Crippen LogP contribution in [0.2, 0.25) is 0 Å². The smallest absolute Gasteiger partial charge is 0.251 e. The SMILES string of the molecule is CCc1cc(=O)[nH]c(-c2cc(OC)ccc2Br)n1. The Morgan fingerprint density at radius 2 is 2.17 bits per heavy atom. The molecule has 0 saturated heterocycles. The van der Waals surface area contributed by atoms with E-state index < -0.39 is 0 Å². The molecule has 18 heavy (non-hydrogen) atoms. The number of nitrogens with one attached hydrogen (secondary N) is 1.